The molecule has 0 saturated carbocycles. The van der Waals surface area contributed by atoms with Gasteiger partial charge in [0.25, 0.3) is 0 Å². The lowest BCUT2D eigenvalue weighted by molar-refractivity contribution is 0.572. The van der Waals surface area contributed by atoms with Gasteiger partial charge in [-0.1, -0.05) is 76.1 Å². The van der Waals surface area contributed by atoms with E-state index >= 15 is 0 Å². The molecule has 34 heavy (non-hydrogen) atoms. The van der Waals surface area contributed by atoms with Crippen molar-refractivity contribution < 1.29 is 0 Å². The van der Waals surface area contributed by atoms with E-state index in [9.17, 15) is 0 Å². The summed E-state index contributed by atoms with van der Waals surface area (Å²) in [5, 5.41) is 0. The predicted octanol–water partition coefficient (Wildman–Crippen LogP) is 8.49. The Morgan fingerprint density at radius 1 is 1.12 bits per heavy atom. The van der Waals surface area contributed by atoms with Crippen molar-refractivity contribution in [1.82, 2.24) is 4.98 Å². The van der Waals surface area contributed by atoms with Gasteiger partial charge >= 0.3 is 0 Å². The van der Waals surface area contributed by atoms with Crippen molar-refractivity contribution in [2.45, 2.75) is 86.0 Å². The van der Waals surface area contributed by atoms with Crippen molar-refractivity contribution in [2.24, 2.45) is 11.7 Å². The highest BCUT2D eigenvalue weighted by molar-refractivity contribution is 5.73. The number of hydrogen-bond acceptors (Lipinski definition) is 2. The molecule has 1 atom stereocenters. The molecule has 0 aliphatic rings. The Morgan fingerprint density at radius 3 is 2.56 bits per heavy atom. The zero-order chi connectivity index (χ0) is 24.9. The Hall–Kier alpha value is -2.45. The van der Waals surface area contributed by atoms with E-state index in [-0.39, 0.29) is 0 Å². The topological polar surface area (TPSA) is 38.9 Å². The number of nitrogens with zero attached hydrogens (tertiary/aromatic N) is 1. The van der Waals surface area contributed by atoms with E-state index in [4.69, 9.17) is 10.7 Å². The molecule has 0 spiro atoms. The number of rotatable bonds is 14. The van der Waals surface area contributed by atoms with Gasteiger partial charge < -0.3 is 5.73 Å². The fourth-order valence-electron chi connectivity index (χ4n) is 4.55. The molecule has 0 radical (unpaired) electrons. The SMILES string of the molecule is C=C/C(=C\c1cc(/C(Cc2cccc(C)n2)=C(/C)CCCC)ccc1CC)C(C)CCCCN. The van der Waals surface area contributed by atoms with Crippen LogP contribution < -0.4 is 5.73 Å². The van der Waals surface area contributed by atoms with Gasteiger partial charge in [-0.15, -0.1) is 0 Å². The maximum Gasteiger partial charge on any atom is 0.0450 e. The zero-order valence-corrected chi connectivity index (χ0v) is 22.3. The Kier molecular flexibility index (Phi) is 12.0. The molecular weight excluding hydrogens is 412 g/mol. The largest absolute Gasteiger partial charge is 0.330 e. The number of unbranched alkanes of at least 4 members (excludes halogenated alkanes) is 2. The molecule has 0 aliphatic carbocycles. The van der Waals surface area contributed by atoms with Gasteiger partial charge in [-0.2, -0.15) is 0 Å². The van der Waals surface area contributed by atoms with Crippen LogP contribution in [0.5, 0.6) is 0 Å². The molecule has 2 nitrogen and oxygen atoms in total. The van der Waals surface area contributed by atoms with Crippen LogP contribution >= 0.6 is 0 Å². The van der Waals surface area contributed by atoms with Gasteiger partial charge in [0.1, 0.15) is 0 Å². The van der Waals surface area contributed by atoms with Crippen LogP contribution in [0.3, 0.4) is 0 Å². The summed E-state index contributed by atoms with van der Waals surface area (Å²) in [5.41, 5.74) is 16.2. The molecule has 2 heteroatoms. The van der Waals surface area contributed by atoms with Gasteiger partial charge in [-0.25, -0.2) is 0 Å². The van der Waals surface area contributed by atoms with Gasteiger partial charge in [0.15, 0.2) is 0 Å². The Morgan fingerprint density at radius 2 is 1.91 bits per heavy atom. The molecule has 2 rings (SSSR count). The average Bonchev–Trinajstić information content (AvgIpc) is 2.84. The fourth-order valence-corrected chi connectivity index (χ4v) is 4.55. The van der Waals surface area contributed by atoms with Gasteiger partial charge in [-0.05, 0) is 104 Å². The number of benzene rings is 1. The lowest BCUT2D eigenvalue weighted by Crippen LogP contribution is -2.03. The molecule has 2 N–H and O–H groups in total. The maximum atomic E-state index is 5.70. The number of nitrogens with two attached hydrogens (primary N) is 1. The summed E-state index contributed by atoms with van der Waals surface area (Å²) in [6.07, 6.45) is 13.3. The number of aromatic nitrogens is 1. The first-order chi connectivity index (χ1) is 16.4. The van der Waals surface area contributed by atoms with Gasteiger partial charge in [0.2, 0.25) is 0 Å². The fraction of sp³-hybridized carbons (Fsp3) is 0.469. The maximum absolute atomic E-state index is 5.70. The lowest BCUT2D eigenvalue weighted by Gasteiger charge is -2.17. The van der Waals surface area contributed by atoms with Crippen molar-refractivity contribution in [3.05, 3.63) is 88.3 Å². The first-order valence-corrected chi connectivity index (χ1v) is 13.2. The van der Waals surface area contributed by atoms with Crippen LogP contribution in [0.25, 0.3) is 11.6 Å². The summed E-state index contributed by atoms with van der Waals surface area (Å²) in [6, 6.07) is 13.4. The monoisotopic (exact) mass is 458 g/mol. The second kappa shape index (κ2) is 14.7. The molecule has 1 unspecified atom stereocenters. The van der Waals surface area contributed by atoms with E-state index in [1.54, 1.807) is 0 Å². The van der Waals surface area contributed by atoms with Gasteiger partial charge in [0.05, 0.1) is 0 Å². The molecule has 1 aromatic heterocycles. The van der Waals surface area contributed by atoms with E-state index in [0.717, 1.165) is 56.5 Å². The van der Waals surface area contributed by atoms with E-state index in [0.29, 0.717) is 5.92 Å². The third kappa shape index (κ3) is 8.40. The second-order valence-electron chi connectivity index (χ2n) is 9.61. The summed E-state index contributed by atoms with van der Waals surface area (Å²) >= 11 is 0. The summed E-state index contributed by atoms with van der Waals surface area (Å²) in [4.78, 5) is 4.81. The van der Waals surface area contributed by atoms with Crippen LogP contribution in [0.15, 0.2) is 60.2 Å². The molecule has 1 aromatic carbocycles. The van der Waals surface area contributed by atoms with Crippen molar-refractivity contribution in [2.75, 3.05) is 6.54 Å². The van der Waals surface area contributed by atoms with Crippen LogP contribution in [-0.2, 0) is 12.8 Å². The first kappa shape index (κ1) is 27.8. The minimum Gasteiger partial charge on any atom is -0.330 e. The van der Waals surface area contributed by atoms with Crippen molar-refractivity contribution in [1.29, 1.82) is 0 Å². The summed E-state index contributed by atoms with van der Waals surface area (Å²) in [6.45, 7) is 16.1. The Balaban J connectivity index is 2.49. The number of pyridine rings is 1. The van der Waals surface area contributed by atoms with Crippen LogP contribution in [0.1, 0.15) is 94.3 Å². The molecular formula is C32H46N2. The van der Waals surface area contributed by atoms with E-state index < -0.39 is 0 Å². The third-order valence-corrected chi connectivity index (χ3v) is 6.82. The molecule has 0 bridgehead atoms. The summed E-state index contributed by atoms with van der Waals surface area (Å²) < 4.78 is 0. The van der Waals surface area contributed by atoms with E-state index in [2.05, 4.69) is 83.7 Å². The van der Waals surface area contributed by atoms with Gasteiger partial charge in [0, 0.05) is 17.8 Å². The minimum atomic E-state index is 0.482. The highest BCUT2D eigenvalue weighted by Gasteiger charge is 2.13. The van der Waals surface area contributed by atoms with Crippen LogP contribution in [0, 0.1) is 12.8 Å². The Labute approximate surface area is 209 Å². The van der Waals surface area contributed by atoms with E-state index in [1.165, 1.54) is 46.3 Å². The summed E-state index contributed by atoms with van der Waals surface area (Å²) in [7, 11) is 0. The molecule has 0 saturated heterocycles. The Bertz CT molecular complexity index is 980. The molecule has 184 valence electrons. The highest BCUT2D eigenvalue weighted by Crippen LogP contribution is 2.30. The normalized spacial score (nSPS) is 13.5. The highest BCUT2D eigenvalue weighted by atomic mass is 14.7. The molecule has 0 fully saturated rings. The van der Waals surface area contributed by atoms with Crippen LogP contribution in [0.2, 0.25) is 0 Å². The summed E-state index contributed by atoms with van der Waals surface area (Å²) in [5.74, 6) is 0.482. The van der Waals surface area contributed by atoms with Crippen molar-refractivity contribution >= 4 is 11.6 Å². The number of allylic oxidation sites excluding steroid dienone is 4. The minimum absolute atomic E-state index is 0.482. The zero-order valence-electron chi connectivity index (χ0n) is 22.3. The average molecular weight is 459 g/mol. The van der Waals surface area contributed by atoms with Gasteiger partial charge in [-0.3, -0.25) is 4.98 Å². The van der Waals surface area contributed by atoms with E-state index in [1.807, 2.05) is 6.08 Å². The van der Waals surface area contributed by atoms with Crippen LogP contribution in [-0.4, -0.2) is 11.5 Å². The number of aryl methyl sites for hydroxylation is 2. The van der Waals surface area contributed by atoms with Crippen molar-refractivity contribution in [3.8, 4) is 0 Å². The molecule has 2 aromatic rings. The molecule has 1 heterocycles. The smallest absolute Gasteiger partial charge is 0.0450 e. The molecule has 0 aliphatic heterocycles. The van der Waals surface area contributed by atoms with Crippen LogP contribution in [0.4, 0.5) is 0 Å². The molecule has 0 amide bonds. The first-order valence-electron chi connectivity index (χ1n) is 13.2. The third-order valence-electron chi connectivity index (χ3n) is 6.82. The predicted molar refractivity (Wildman–Crippen MR) is 151 cm³/mol. The second-order valence-corrected chi connectivity index (χ2v) is 9.61. The number of hydrogen-bond donors (Lipinski definition) is 1. The quantitative estimate of drug-likeness (QED) is 0.228. The van der Waals surface area contributed by atoms with Crippen molar-refractivity contribution in [3.63, 3.8) is 0 Å². The standard InChI is InChI=1S/C32H46N2/c1-7-10-14-25(5)32(23-31-17-13-16-26(6)34-31)29-19-18-27(8-2)30(22-29)21-28(9-3)24(4)15-11-12-20-33/h9,13,16-19,21-22,24H,3,7-8,10-12,14-15,20,23,33H2,1-2,4-6H3/b28-21+,32-25-. The lowest BCUT2D eigenvalue weighted by atomic mass is 9.88.